The Hall–Kier alpha value is -2.45. The quantitative estimate of drug-likeness (QED) is 0.107. The van der Waals surface area contributed by atoms with Crippen LogP contribution in [0.3, 0.4) is 0 Å². The molecule has 5 heterocycles. The fraction of sp³-hybridized carbons (Fsp3) is 0.409. The van der Waals surface area contributed by atoms with Crippen molar-refractivity contribution in [1.82, 2.24) is 29.1 Å². The molecule has 2 saturated heterocycles. The molecule has 0 spiro atoms. The van der Waals surface area contributed by atoms with Crippen molar-refractivity contribution in [1.29, 1.82) is 0 Å². The molecule has 0 radical (unpaired) electrons. The van der Waals surface area contributed by atoms with Crippen LogP contribution in [0.15, 0.2) is 48.0 Å². The summed E-state index contributed by atoms with van der Waals surface area (Å²) in [6.07, 6.45) is -6.01. The molecule has 4 aromatic rings. The molecule has 2 aliphatic rings. The molecule has 0 saturated carbocycles. The van der Waals surface area contributed by atoms with E-state index < -0.39 is 63.4 Å². The number of nitrogens with zero attached hydrogens (tertiary/aromatic N) is 6. The second-order valence-corrected chi connectivity index (χ2v) is 15.4. The van der Waals surface area contributed by atoms with Crippen molar-refractivity contribution in [3.05, 3.63) is 53.6 Å². The van der Waals surface area contributed by atoms with Gasteiger partial charge in [-0.3, -0.25) is 27.5 Å². The number of hydrogen-bond donors (Lipinski definition) is 6. The van der Waals surface area contributed by atoms with Crippen LogP contribution in [-0.2, 0) is 32.2 Å². The summed E-state index contributed by atoms with van der Waals surface area (Å²) in [5.41, 5.74) is 6.27. The van der Waals surface area contributed by atoms with Crippen LogP contribution < -0.4 is 11.3 Å². The van der Waals surface area contributed by atoms with E-state index in [2.05, 4.69) is 44.4 Å². The van der Waals surface area contributed by atoms with E-state index in [1.807, 2.05) is 0 Å². The lowest BCUT2D eigenvalue weighted by Crippen LogP contribution is -2.34. The lowest BCUT2D eigenvalue weighted by molar-refractivity contribution is -0.123. The first-order valence-corrected chi connectivity index (χ1v) is 18.2. The van der Waals surface area contributed by atoms with Gasteiger partial charge in [-0.1, -0.05) is 36.6 Å². The molecule has 6 rings (SSSR count). The number of nitrogen functional groups attached to an aromatic ring is 1. The first-order valence-electron chi connectivity index (χ1n) is 12.8. The molecule has 0 bridgehead atoms. The highest BCUT2D eigenvalue weighted by Gasteiger charge is 2.51. The van der Waals surface area contributed by atoms with Gasteiger partial charge in [0.25, 0.3) is 5.56 Å². The smallest absolute Gasteiger partial charge is 0.386 e. The molecule has 0 aliphatic carbocycles. The van der Waals surface area contributed by atoms with Crippen LogP contribution >= 0.6 is 38.1 Å². The van der Waals surface area contributed by atoms with Crippen LogP contribution in [0.2, 0.25) is 0 Å². The number of nitrogens with two attached hydrogens (primary N) is 1. The van der Waals surface area contributed by atoms with Crippen molar-refractivity contribution in [3.8, 4) is 0 Å². The highest BCUT2D eigenvalue weighted by atomic mass is 32.7. The van der Waals surface area contributed by atoms with Gasteiger partial charge in [0.2, 0.25) is 0 Å². The van der Waals surface area contributed by atoms with E-state index in [0.717, 1.165) is 6.33 Å². The summed E-state index contributed by atoms with van der Waals surface area (Å²) >= 11 is 7.45. The van der Waals surface area contributed by atoms with E-state index in [9.17, 15) is 29.0 Å². The third-order valence-corrected chi connectivity index (χ3v) is 9.31. The average Bonchev–Trinajstić information content (AvgIpc) is 3.64. The van der Waals surface area contributed by atoms with E-state index in [4.69, 9.17) is 28.8 Å². The van der Waals surface area contributed by atoms with Gasteiger partial charge >= 0.3 is 13.6 Å². The fourth-order valence-electron chi connectivity index (χ4n) is 4.91. The third kappa shape index (κ3) is 6.31. The number of anilines is 1. The second kappa shape index (κ2) is 12.1. The molecule has 4 unspecified atom stereocenters. The number of para-hydroxylation sites is 1. The summed E-state index contributed by atoms with van der Waals surface area (Å²) < 4.78 is 54.9. The summed E-state index contributed by atoms with van der Waals surface area (Å²) in [5, 5.41) is 22.1. The largest absolute Gasteiger partial charge is 0.390 e. The Bertz CT molecular complexity index is 1860. The number of aromatic nitrogens is 6. The van der Waals surface area contributed by atoms with Gasteiger partial charge in [0.05, 0.1) is 29.9 Å². The fourth-order valence-corrected chi connectivity index (χ4v) is 7.09. The van der Waals surface area contributed by atoms with Gasteiger partial charge in [0.1, 0.15) is 42.7 Å². The maximum atomic E-state index is 13.3. The van der Waals surface area contributed by atoms with E-state index in [1.54, 1.807) is 24.3 Å². The van der Waals surface area contributed by atoms with Crippen LogP contribution in [-0.4, -0.2) is 81.5 Å². The summed E-state index contributed by atoms with van der Waals surface area (Å²) in [5.74, 6) is 0.0469. The zero-order chi connectivity index (χ0) is 31.4. The first kappa shape index (κ1) is 31.5. The van der Waals surface area contributed by atoms with Crippen molar-refractivity contribution < 1.29 is 47.3 Å². The predicted molar refractivity (Wildman–Crippen MR) is 158 cm³/mol. The molecule has 3 aromatic heterocycles. The SMILES string of the molecule is Nc1ncnc2c1ncn2[C@@H]1O[C@H](OP(=O)(O)S)C(OP(=O)(S)OC[C@H]2O[C@@H](n3cnc4ccccc4c3=O)C[C@@H]2O)C1O. The highest BCUT2D eigenvalue weighted by Crippen LogP contribution is 2.58. The van der Waals surface area contributed by atoms with Gasteiger partial charge in [0.15, 0.2) is 24.0 Å². The minimum absolute atomic E-state index is 0.000875. The number of hydrogen-bond acceptors (Lipinski definition) is 15. The molecule has 0 amide bonds. The molecule has 22 heteroatoms. The standard InChI is InChI=1S/C22H25N7O11P2S2/c23-18-15-19(25-7-24-18)29(9-27-15)21-16(31)17(22(38-21)40-41(33,34)43)39-42(35,44)36-6-13-12(30)5-14(37-13)28-8-26-11-4-2-1-3-10(11)20(28)32/h1-4,7-9,12-14,16-17,21-22,30-31H,5-6H2,(H,35,44)(H2,23,24,25)(H2,33,34,43)/t12-,13+,14+,16?,17?,21+,22+,42?/m0/s1. The van der Waals surface area contributed by atoms with Gasteiger partial charge in [-0.2, -0.15) is 0 Å². The Morgan fingerprint density at radius 1 is 1.05 bits per heavy atom. The highest BCUT2D eigenvalue weighted by molar-refractivity contribution is 8.44. The molecular weight excluding hydrogens is 664 g/mol. The molecule has 44 heavy (non-hydrogen) atoms. The Kier molecular flexibility index (Phi) is 8.64. The number of aliphatic hydroxyl groups excluding tert-OH is 2. The van der Waals surface area contributed by atoms with Crippen molar-refractivity contribution >= 4 is 66.0 Å². The first-order chi connectivity index (χ1) is 20.8. The number of ether oxygens (including phenoxy) is 2. The maximum absolute atomic E-state index is 13.3. The number of aliphatic hydroxyl groups is 2. The number of thiol groups is 2. The minimum atomic E-state index is -4.53. The molecule has 2 fully saturated rings. The number of fused-ring (bicyclic) bond motifs is 2. The summed E-state index contributed by atoms with van der Waals surface area (Å²) in [4.78, 5) is 38.9. The lowest BCUT2D eigenvalue weighted by Gasteiger charge is -2.25. The van der Waals surface area contributed by atoms with E-state index in [-0.39, 0.29) is 29.0 Å². The normalized spacial score (nSPS) is 30.1. The molecular formula is C22H25N7O11P2S2. The van der Waals surface area contributed by atoms with Crippen LogP contribution in [0.5, 0.6) is 0 Å². The van der Waals surface area contributed by atoms with Gasteiger partial charge in [-0.25, -0.2) is 29.1 Å². The van der Waals surface area contributed by atoms with Crippen LogP contribution in [0.25, 0.3) is 22.1 Å². The summed E-state index contributed by atoms with van der Waals surface area (Å²) in [6, 6.07) is 6.75. The molecule has 1 aromatic carbocycles. The molecule has 9 atom stereocenters. The third-order valence-electron chi connectivity index (χ3n) is 6.93. The van der Waals surface area contributed by atoms with Gasteiger partial charge in [-0.15, -0.1) is 0 Å². The van der Waals surface area contributed by atoms with E-state index in [1.165, 1.54) is 21.8 Å². The van der Waals surface area contributed by atoms with Crippen LogP contribution in [0.4, 0.5) is 5.82 Å². The predicted octanol–water partition coefficient (Wildman–Crippen LogP) is 1.17. The van der Waals surface area contributed by atoms with Gasteiger partial charge in [-0.05, 0) is 12.1 Å². The number of benzene rings is 1. The summed E-state index contributed by atoms with van der Waals surface area (Å²) in [7, 11) is 0. The minimum Gasteiger partial charge on any atom is -0.390 e. The van der Waals surface area contributed by atoms with E-state index in [0.29, 0.717) is 10.9 Å². The van der Waals surface area contributed by atoms with Crippen LogP contribution in [0.1, 0.15) is 18.9 Å². The van der Waals surface area contributed by atoms with Crippen molar-refractivity contribution in [2.75, 3.05) is 12.3 Å². The molecule has 236 valence electrons. The number of rotatable bonds is 9. The topological polar surface area (TPSA) is 245 Å². The van der Waals surface area contributed by atoms with Crippen molar-refractivity contribution in [2.45, 2.75) is 49.6 Å². The zero-order valence-corrected chi connectivity index (χ0v) is 25.7. The maximum Gasteiger partial charge on any atom is 0.386 e. The number of imidazole rings is 1. The zero-order valence-electron chi connectivity index (χ0n) is 22.2. The second-order valence-electron chi connectivity index (χ2n) is 9.81. The lowest BCUT2D eigenvalue weighted by atomic mass is 10.2. The molecule has 18 nitrogen and oxygen atoms in total. The van der Waals surface area contributed by atoms with Crippen molar-refractivity contribution in [3.63, 3.8) is 0 Å². The molecule has 5 N–H and O–H groups in total. The van der Waals surface area contributed by atoms with Crippen LogP contribution in [0, 0.1) is 0 Å². The Labute approximate surface area is 257 Å². The summed E-state index contributed by atoms with van der Waals surface area (Å²) in [6.45, 7) is -9.47. The Balaban J connectivity index is 1.16. The van der Waals surface area contributed by atoms with Gasteiger partial charge < -0.3 is 30.3 Å². The van der Waals surface area contributed by atoms with Crippen molar-refractivity contribution in [2.24, 2.45) is 0 Å². The average molecular weight is 690 g/mol. The Morgan fingerprint density at radius 3 is 2.57 bits per heavy atom. The molecule has 2 aliphatic heterocycles. The van der Waals surface area contributed by atoms with Gasteiger partial charge in [0, 0.05) is 6.42 Å². The van der Waals surface area contributed by atoms with E-state index >= 15 is 0 Å². The monoisotopic (exact) mass is 689 g/mol. The Morgan fingerprint density at radius 2 is 1.80 bits per heavy atom.